The van der Waals surface area contributed by atoms with Crippen LogP contribution in [0.5, 0.6) is 5.75 Å². The molecule has 3 aromatic carbocycles. The van der Waals surface area contributed by atoms with Gasteiger partial charge in [0.1, 0.15) is 5.75 Å². The van der Waals surface area contributed by atoms with Gasteiger partial charge < -0.3 is 14.5 Å². The summed E-state index contributed by atoms with van der Waals surface area (Å²) < 4.78 is 38.4. The highest BCUT2D eigenvalue weighted by molar-refractivity contribution is 7.99. The first kappa shape index (κ1) is 25.9. The molecule has 10 nitrogen and oxygen atoms in total. The van der Waals surface area contributed by atoms with Gasteiger partial charge in [0.05, 0.1) is 17.8 Å². The molecule has 4 aromatic rings. The van der Waals surface area contributed by atoms with Gasteiger partial charge in [0.25, 0.3) is 15.2 Å². The van der Waals surface area contributed by atoms with Crippen molar-refractivity contribution in [2.24, 2.45) is 0 Å². The molecule has 0 radical (unpaired) electrons. The first-order valence-electron chi connectivity index (χ1n) is 10.9. The van der Waals surface area contributed by atoms with E-state index in [1.54, 1.807) is 60.7 Å². The zero-order valence-electron chi connectivity index (χ0n) is 19.8. The van der Waals surface area contributed by atoms with Crippen molar-refractivity contribution >= 4 is 44.9 Å². The number of amides is 1. The number of methoxy groups -OCH3 is 1. The lowest BCUT2D eigenvalue weighted by Crippen LogP contribution is -2.14. The third kappa shape index (κ3) is 6.74. The number of rotatable bonds is 10. The normalized spacial score (nSPS) is 11.1. The predicted molar refractivity (Wildman–Crippen MR) is 139 cm³/mol. The lowest BCUT2D eigenvalue weighted by atomic mass is 10.1. The van der Waals surface area contributed by atoms with Crippen molar-refractivity contribution in [3.05, 3.63) is 78.4 Å². The van der Waals surface area contributed by atoms with Crippen LogP contribution in [-0.4, -0.2) is 43.2 Å². The number of ketones is 1. The quantitative estimate of drug-likeness (QED) is 0.221. The van der Waals surface area contributed by atoms with Gasteiger partial charge in [0.2, 0.25) is 11.8 Å². The molecule has 0 bridgehead atoms. The number of thioether (sulfide) groups is 1. The summed E-state index contributed by atoms with van der Waals surface area (Å²) in [7, 11) is -2.27. The van der Waals surface area contributed by atoms with Crippen molar-refractivity contribution < 1.29 is 27.2 Å². The van der Waals surface area contributed by atoms with Gasteiger partial charge in [-0.25, -0.2) is 8.42 Å². The molecule has 0 aliphatic carbocycles. The standard InChI is InChI=1S/C25H22N4O6S2/c1-16(30)18-4-3-5-20(14-18)26-23(31)15-36-25-28-27-24(35-25)17-6-8-19(9-7-17)29-37(32,33)22-12-10-21(34-2)11-13-22/h3-14,29H,15H2,1-2H3,(H,26,31). The number of benzene rings is 3. The van der Waals surface area contributed by atoms with Crippen LogP contribution in [0.1, 0.15) is 17.3 Å². The summed E-state index contributed by atoms with van der Waals surface area (Å²) in [5.41, 5.74) is 1.97. The number of Topliss-reactive ketones (excluding diaryl/α,β-unsaturated/α-hetero) is 1. The first-order valence-corrected chi connectivity index (χ1v) is 13.3. The Kier molecular flexibility index (Phi) is 7.89. The van der Waals surface area contributed by atoms with E-state index in [9.17, 15) is 18.0 Å². The largest absolute Gasteiger partial charge is 0.497 e. The molecule has 1 amide bonds. The number of carbonyl (C=O) groups is 2. The smallest absolute Gasteiger partial charge is 0.277 e. The van der Waals surface area contributed by atoms with Crippen LogP contribution >= 0.6 is 11.8 Å². The van der Waals surface area contributed by atoms with Gasteiger partial charge in [0.15, 0.2) is 5.78 Å². The summed E-state index contributed by atoms with van der Waals surface area (Å²) >= 11 is 1.07. The zero-order valence-corrected chi connectivity index (χ0v) is 21.4. The number of sulfonamides is 1. The maximum Gasteiger partial charge on any atom is 0.277 e. The second-order valence-corrected chi connectivity index (χ2v) is 10.3. The van der Waals surface area contributed by atoms with E-state index >= 15 is 0 Å². The third-order valence-electron chi connectivity index (χ3n) is 5.04. The van der Waals surface area contributed by atoms with Crippen molar-refractivity contribution in [2.75, 3.05) is 22.9 Å². The van der Waals surface area contributed by atoms with Crippen molar-refractivity contribution in [3.63, 3.8) is 0 Å². The van der Waals surface area contributed by atoms with E-state index in [1.807, 2.05) is 0 Å². The van der Waals surface area contributed by atoms with Crippen LogP contribution in [0.25, 0.3) is 11.5 Å². The van der Waals surface area contributed by atoms with Crippen molar-refractivity contribution in [1.29, 1.82) is 0 Å². The van der Waals surface area contributed by atoms with E-state index in [0.717, 1.165) is 11.8 Å². The zero-order chi connectivity index (χ0) is 26.4. The molecular formula is C25H22N4O6S2. The summed E-state index contributed by atoms with van der Waals surface area (Å²) in [6.07, 6.45) is 0. The molecule has 0 saturated heterocycles. The summed E-state index contributed by atoms with van der Waals surface area (Å²) in [4.78, 5) is 23.9. The number of nitrogens with zero attached hydrogens (tertiary/aromatic N) is 2. The van der Waals surface area contributed by atoms with Crippen molar-refractivity contribution in [2.45, 2.75) is 17.0 Å². The number of hydrogen-bond donors (Lipinski definition) is 2. The van der Waals surface area contributed by atoms with E-state index in [1.165, 1.54) is 26.2 Å². The topological polar surface area (TPSA) is 140 Å². The molecule has 1 heterocycles. The lowest BCUT2D eigenvalue weighted by Gasteiger charge is -2.09. The first-order chi connectivity index (χ1) is 17.7. The Bertz CT molecular complexity index is 1520. The Morgan fingerprint density at radius 1 is 0.973 bits per heavy atom. The molecule has 0 saturated carbocycles. The van der Waals surface area contributed by atoms with Gasteiger partial charge in [-0.3, -0.25) is 14.3 Å². The Balaban J connectivity index is 1.34. The fraction of sp³-hybridized carbons (Fsp3) is 0.120. The van der Waals surface area contributed by atoms with Gasteiger partial charge in [0, 0.05) is 22.5 Å². The molecular weight excluding hydrogens is 516 g/mol. The number of carbonyl (C=O) groups excluding carboxylic acids is 2. The molecule has 12 heteroatoms. The highest BCUT2D eigenvalue weighted by Gasteiger charge is 2.16. The van der Waals surface area contributed by atoms with Crippen molar-refractivity contribution in [3.8, 4) is 17.2 Å². The average molecular weight is 539 g/mol. The second kappa shape index (κ2) is 11.3. The predicted octanol–water partition coefficient (Wildman–Crippen LogP) is 4.48. The number of anilines is 2. The Hall–Kier alpha value is -4.16. The third-order valence-corrected chi connectivity index (χ3v) is 7.26. The molecule has 0 unspecified atom stereocenters. The minimum absolute atomic E-state index is 0.0258. The minimum atomic E-state index is -3.77. The molecule has 0 aliphatic heterocycles. The molecule has 4 rings (SSSR count). The molecule has 37 heavy (non-hydrogen) atoms. The number of aromatic nitrogens is 2. The average Bonchev–Trinajstić information content (AvgIpc) is 3.37. The van der Waals surface area contributed by atoms with Crippen molar-refractivity contribution in [1.82, 2.24) is 10.2 Å². The fourth-order valence-corrected chi connectivity index (χ4v) is 4.80. The van der Waals surface area contributed by atoms with E-state index < -0.39 is 10.0 Å². The maximum atomic E-state index is 12.6. The number of ether oxygens (including phenoxy) is 1. The maximum absolute atomic E-state index is 12.6. The van der Waals surface area contributed by atoms with E-state index in [0.29, 0.717) is 28.3 Å². The highest BCUT2D eigenvalue weighted by Crippen LogP contribution is 2.26. The van der Waals surface area contributed by atoms with Gasteiger partial charge in [-0.15, -0.1) is 10.2 Å². The van der Waals surface area contributed by atoms with E-state index in [2.05, 4.69) is 20.2 Å². The lowest BCUT2D eigenvalue weighted by molar-refractivity contribution is -0.113. The molecule has 190 valence electrons. The summed E-state index contributed by atoms with van der Waals surface area (Å²) in [5.74, 6) is 0.422. The van der Waals surface area contributed by atoms with Gasteiger partial charge in [-0.05, 0) is 67.6 Å². The highest BCUT2D eigenvalue weighted by atomic mass is 32.2. The fourth-order valence-electron chi connectivity index (χ4n) is 3.17. The van der Waals surface area contributed by atoms with E-state index in [4.69, 9.17) is 9.15 Å². The number of nitrogens with one attached hydrogen (secondary N) is 2. The Morgan fingerprint density at radius 3 is 2.38 bits per heavy atom. The van der Waals surface area contributed by atoms with E-state index in [-0.39, 0.29) is 33.5 Å². The number of hydrogen-bond acceptors (Lipinski definition) is 9. The Labute approximate surface area is 217 Å². The Morgan fingerprint density at radius 2 is 1.70 bits per heavy atom. The summed E-state index contributed by atoms with van der Waals surface area (Å²) in [5, 5.41) is 10.9. The molecule has 0 aliphatic rings. The SMILES string of the molecule is COc1ccc(S(=O)(=O)Nc2ccc(-c3nnc(SCC(=O)Nc4cccc(C(C)=O)c4)o3)cc2)cc1. The molecule has 1 aromatic heterocycles. The molecule has 0 spiro atoms. The summed E-state index contributed by atoms with van der Waals surface area (Å²) in [6, 6.07) is 19.2. The monoisotopic (exact) mass is 538 g/mol. The summed E-state index contributed by atoms with van der Waals surface area (Å²) in [6.45, 7) is 1.46. The van der Waals surface area contributed by atoms with Gasteiger partial charge >= 0.3 is 0 Å². The van der Waals surface area contributed by atoms with Gasteiger partial charge in [-0.1, -0.05) is 23.9 Å². The minimum Gasteiger partial charge on any atom is -0.497 e. The van der Waals surface area contributed by atoms with Crippen LogP contribution in [0.2, 0.25) is 0 Å². The van der Waals surface area contributed by atoms with Crippen LogP contribution in [0, 0.1) is 0 Å². The van der Waals surface area contributed by atoms with Crippen LogP contribution in [0.15, 0.2) is 87.3 Å². The second-order valence-electron chi connectivity index (χ2n) is 7.71. The van der Waals surface area contributed by atoms with Crippen LogP contribution in [-0.2, 0) is 14.8 Å². The van der Waals surface area contributed by atoms with Crippen LogP contribution in [0.3, 0.4) is 0 Å². The van der Waals surface area contributed by atoms with Gasteiger partial charge in [-0.2, -0.15) is 0 Å². The molecule has 0 atom stereocenters. The van der Waals surface area contributed by atoms with Crippen LogP contribution in [0.4, 0.5) is 11.4 Å². The van der Waals surface area contributed by atoms with Crippen LogP contribution < -0.4 is 14.8 Å². The molecule has 0 fully saturated rings. The molecule has 2 N–H and O–H groups in total.